The zero-order valence-electron chi connectivity index (χ0n) is 10.1. The highest BCUT2D eigenvalue weighted by Gasteiger charge is 2.31. The number of hydrogen-bond acceptors (Lipinski definition) is 4. The number of aliphatic carboxylic acids is 1. The van der Waals surface area contributed by atoms with Crippen LogP contribution < -0.4 is 11.1 Å². The van der Waals surface area contributed by atoms with Crippen LogP contribution in [0.15, 0.2) is 0 Å². The van der Waals surface area contributed by atoms with Gasteiger partial charge in [-0.25, -0.2) is 4.79 Å². The number of rotatable bonds is 6. The Morgan fingerprint density at radius 2 is 2.06 bits per heavy atom. The predicted octanol–water partition coefficient (Wildman–Crippen LogP) is -0.136. The summed E-state index contributed by atoms with van der Waals surface area (Å²) in [6.45, 7) is -0.0270. The molecule has 1 saturated carbocycles. The van der Waals surface area contributed by atoms with Crippen LogP contribution in [0.3, 0.4) is 0 Å². The molecule has 0 bridgehead atoms. The molecule has 1 amide bonds. The van der Waals surface area contributed by atoms with Crippen LogP contribution in [0.2, 0.25) is 0 Å². The highest BCUT2D eigenvalue weighted by molar-refractivity contribution is 5.79. The minimum atomic E-state index is -1.09. The second kappa shape index (κ2) is 5.97. The minimum Gasteiger partial charge on any atom is -0.479 e. The maximum absolute atomic E-state index is 11.6. The van der Waals surface area contributed by atoms with Crippen molar-refractivity contribution < 1.29 is 19.4 Å². The van der Waals surface area contributed by atoms with Gasteiger partial charge in [-0.3, -0.25) is 4.79 Å². The van der Waals surface area contributed by atoms with Gasteiger partial charge in [-0.05, 0) is 12.8 Å². The van der Waals surface area contributed by atoms with Crippen LogP contribution in [-0.4, -0.2) is 42.3 Å². The van der Waals surface area contributed by atoms with Crippen molar-refractivity contribution in [3.05, 3.63) is 0 Å². The fourth-order valence-electron chi connectivity index (χ4n) is 2.12. The zero-order valence-corrected chi connectivity index (χ0v) is 10.1. The van der Waals surface area contributed by atoms with Gasteiger partial charge < -0.3 is 20.9 Å². The molecule has 6 heteroatoms. The minimum absolute atomic E-state index is 0.0270. The van der Waals surface area contributed by atoms with E-state index in [0.717, 1.165) is 25.7 Å². The Morgan fingerprint density at radius 1 is 1.47 bits per heavy atom. The third-order valence-corrected chi connectivity index (χ3v) is 3.16. The molecule has 0 radical (unpaired) electrons. The molecule has 1 atom stereocenters. The van der Waals surface area contributed by atoms with E-state index in [9.17, 15) is 9.59 Å². The number of ether oxygens (including phenoxy) is 1. The van der Waals surface area contributed by atoms with Crippen molar-refractivity contribution in [1.29, 1.82) is 0 Å². The van der Waals surface area contributed by atoms with Gasteiger partial charge in [0.25, 0.3) is 0 Å². The summed E-state index contributed by atoms with van der Waals surface area (Å²) in [6, 6.07) is 0. The smallest absolute Gasteiger partial charge is 0.334 e. The molecule has 1 aliphatic carbocycles. The number of carbonyl (C=O) groups excluding carboxylic acids is 1. The van der Waals surface area contributed by atoms with Crippen LogP contribution in [0.1, 0.15) is 32.1 Å². The molecule has 1 fully saturated rings. The van der Waals surface area contributed by atoms with Gasteiger partial charge in [0.05, 0.1) is 6.54 Å². The fraction of sp³-hybridized carbons (Fsp3) is 0.818. The molecule has 98 valence electrons. The molecule has 17 heavy (non-hydrogen) atoms. The Labute approximate surface area is 101 Å². The maximum Gasteiger partial charge on any atom is 0.334 e. The SMILES string of the molecule is COC(CNC(=O)CC1(N)CCCC1)C(=O)O. The molecular weight excluding hydrogens is 224 g/mol. The largest absolute Gasteiger partial charge is 0.479 e. The summed E-state index contributed by atoms with van der Waals surface area (Å²) in [5.41, 5.74) is 5.64. The lowest BCUT2D eigenvalue weighted by Gasteiger charge is -2.23. The Balaban J connectivity index is 2.32. The Hall–Kier alpha value is -1.14. The van der Waals surface area contributed by atoms with E-state index in [1.54, 1.807) is 0 Å². The molecule has 1 aliphatic rings. The van der Waals surface area contributed by atoms with Gasteiger partial charge in [0.2, 0.25) is 5.91 Å². The lowest BCUT2D eigenvalue weighted by Crippen LogP contribution is -2.44. The van der Waals surface area contributed by atoms with Crippen LogP contribution in [0.25, 0.3) is 0 Å². The van der Waals surface area contributed by atoms with Crippen LogP contribution in [0.5, 0.6) is 0 Å². The molecule has 0 aromatic carbocycles. The number of nitrogens with one attached hydrogen (secondary N) is 1. The summed E-state index contributed by atoms with van der Waals surface area (Å²) < 4.78 is 4.71. The molecular formula is C11H20N2O4. The van der Waals surface area contributed by atoms with Gasteiger partial charge in [0.1, 0.15) is 0 Å². The zero-order chi connectivity index (χ0) is 12.9. The van der Waals surface area contributed by atoms with Crippen molar-refractivity contribution in [2.24, 2.45) is 5.73 Å². The van der Waals surface area contributed by atoms with E-state index in [-0.39, 0.29) is 18.9 Å². The summed E-state index contributed by atoms with van der Waals surface area (Å²) in [4.78, 5) is 22.3. The summed E-state index contributed by atoms with van der Waals surface area (Å²) in [5, 5.41) is 11.3. The number of amides is 1. The van der Waals surface area contributed by atoms with Gasteiger partial charge in [-0.1, -0.05) is 12.8 Å². The van der Waals surface area contributed by atoms with Crippen LogP contribution in [-0.2, 0) is 14.3 Å². The molecule has 0 aliphatic heterocycles. The monoisotopic (exact) mass is 244 g/mol. The first-order valence-electron chi connectivity index (χ1n) is 5.78. The van der Waals surface area contributed by atoms with E-state index in [2.05, 4.69) is 5.32 Å². The van der Waals surface area contributed by atoms with Gasteiger partial charge in [0, 0.05) is 19.1 Å². The second-order valence-corrected chi connectivity index (χ2v) is 4.61. The first-order chi connectivity index (χ1) is 7.97. The topological polar surface area (TPSA) is 102 Å². The van der Waals surface area contributed by atoms with E-state index >= 15 is 0 Å². The summed E-state index contributed by atoms with van der Waals surface area (Å²) in [7, 11) is 1.30. The Bertz CT molecular complexity index is 287. The molecule has 6 nitrogen and oxygen atoms in total. The molecule has 4 N–H and O–H groups in total. The van der Waals surface area contributed by atoms with Crippen molar-refractivity contribution in [3.8, 4) is 0 Å². The lowest BCUT2D eigenvalue weighted by molar-refractivity contribution is -0.148. The number of carboxylic acid groups (broad SMARTS) is 1. The molecule has 0 saturated heterocycles. The maximum atomic E-state index is 11.6. The number of carboxylic acids is 1. The van der Waals surface area contributed by atoms with Gasteiger partial charge in [-0.15, -0.1) is 0 Å². The van der Waals surface area contributed by atoms with Crippen molar-refractivity contribution in [2.45, 2.75) is 43.7 Å². The molecule has 1 unspecified atom stereocenters. The number of carbonyl (C=O) groups is 2. The number of nitrogens with two attached hydrogens (primary N) is 1. The third-order valence-electron chi connectivity index (χ3n) is 3.16. The van der Waals surface area contributed by atoms with Crippen molar-refractivity contribution in [3.63, 3.8) is 0 Å². The fourth-order valence-corrected chi connectivity index (χ4v) is 2.12. The van der Waals surface area contributed by atoms with Crippen LogP contribution in [0.4, 0.5) is 0 Å². The number of hydrogen-bond donors (Lipinski definition) is 3. The van der Waals surface area contributed by atoms with E-state index in [0.29, 0.717) is 0 Å². The average Bonchev–Trinajstić information content (AvgIpc) is 2.65. The van der Waals surface area contributed by atoms with Crippen molar-refractivity contribution in [2.75, 3.05) is 13.7 Å². The second-order valence-electron chi connectivity index (χ2n) is 4.61. The normalized spacial score (nSPS) is 19.9. The summed E-state index contributed by atoms with van der Waals surface area (Å²) in [6.07, 6.45) is 3.07. The van der Waals surface area contributed by atoms with E-state index < -0.39 is 17.6 Å². The van der Waals surface area contributed by atoms with Crippen LogP contribution in [0, 0.1) is 0 Å². The predicted molar refractivity (Wildman–Crippen MR) is 61.4 cm³/mol. The molecule has 0 aromatic rings. The quantitative estimate of drug-likeness (QED) is 0.604. The third kappa shape index (κ3) is 4.32. The standard InChI is InChI=1S/C11H20N2O4/c1-17-8(10(15)16)7-13-9(14)6-11(12)4-2-3-5-11/h8H,2-7,12H2,1H3,(H,13,14)(H,15,16). The van der Waals surface area contributed by atoms with Gasteiger partial charge in [0.15, 0.2) is 6.10 Å². The van der Waals surface area contributed by atoms with E-state index in [1.807, 2.05) is 0 Å². The molecule has 0 spiro atoms. The molecule has 0 aromatic heterocycles. The molecule has 1 rings (SSSR count). The first-order valence-corrected chi connectivity index (χ1v) is 5.78. The van der Waals surface area contributed by atoms with Crippen molar-refractivity contribution >= 4 is 11.9 Å². The highest BCUT2D eigenvalue weighted by atomic mass is 16.5. The summed E-state index contributed by atoms with van der Waals surface area (Å²) >= 11 is 0. The van der Waals surface area contributed by atoms with Gasteiger partial charge >= 0.3 is 5.97 Å². The first kappa shape index (κ1) is 13.9. The van der Waals surface area contributed by atoms with Crippen LogP contribution >= 0.6 is 0 Å². The van der Waals surface area contributed by atoms with Crippen molar-refractivity contribution in [1.82, 2.24) is 5.32 Å². The lowest BCUT2D eigenvalue weighted by atomic mass is 9.94. The Morgan fingerprint density at radius 3 is 2.53 bits per heavy atom. The van der Waals surface area contributed by atoms with E-state index in [4.69, 9.17) is 15.6 Å². The van der Waals surface area contributed by atoms with E-state index in [1.165, 1.54) is 7.11 Å². The average molecular weight is 244 g/mol. The van der Waals surface area contributed by atoms with Gasteiger partial charge in [-0.2, -0.15) is 0 Å². The highest BCUT2D eigenvalue weighted by Crippen LogP contribution is 2.29. The summed E-state index contributed by atoms with van der Waals surface area (Å²) in [5.74, 6) is -1.30. The Kier molecular flexibility index (Phi) is 4.89. The molecule has 0 heterocycles. The number of methoxy groups -OCH3 is 1.